The first-order chi connectivity index (χ1) is 3.83. The molecule has 1 heterocycles. The number of aromatic nitrogens is 4. The van der Waals surface area contributed by atoms with E-state index in [-0.39, 0.29) is 6.61 Å². The van der Waals surface area contributed by atoms with Crippen molar-refractivity contribution in [3.63, 3.8) is 0 Å². The lowest BCUT2D eigenvalue weighted by Crippen LogP contribution is -1.92. The second kappa shape index (κ2) is 1.87. The van der Waals surface area contributed by atoms with E-state index in [9.17, 15) is 0 Å². The zero-order chi connectivity index (χ0) is 5.98. The summed E-state index contributed by atoms with van der Waals surface area (Å²) in [5.74, 6) is 0.354. The fourth-order valence-electron chi connectivity index (χ4n) is 0.387. The average molecular weight is 114 g/mol. The molecule has 0 aliphatic rings. The van der Waals surface area contributed by atoms with Gasteiger partial charge in [-0.05, 0) is 5.21 Å². The Kier molecular flexibility index (Phi) is 1.21. The highest BCUT2D eigenvalue weighted by atomic mass is 16.3. The van der Waals surface area contributed by atoms with Gasteiger partial charge in [0.25, 0.3) is 0 Å². The summed E-state index contributed by atoms with van der Waals surface area (Å²) in [6.45, 7) is -0.145. The van der Waals surface area contributed by atoms with Gasteiger partial charge in [-0.25, -0.2) is 0 Å². The number of tetrazole rings is 1. The van der Waals surface area contributed by atoms with Crippen LogP contribution in [0.1, 0.15) is 5.82 Å². The number of aryl methyl sites for hydroxylation is 1. The lowest BCUT2D eigenvalue weighted by atomic mass is 10.7. The van der Waals surface area contributed by atoms with Gasteiger partial charge in [-0.3, -0.25) is 0 Å². The van der Waals surface area contributed by atoms with Crippen molar-refractivity contribution in [1.29, 1.82) is 0 Å². The van der Waals surface area contributed by atoms with Crippen LogP contribution in [0, 0.1) is 0 Å². The molecule has 1 rings (SSSR count). The van der Waals surface area contributed by atoms with Gasteiger partial charge in [0, 0.05) is 0 Å². The molecule has 0 radical (unpaired) electrons. The van der Waals surface area contributed by atoms with E-state index in [1.165, 1.54) is 4.80 Å². The second-order valence-electron chi connectivity index (χ2n) is 1.35. The van der Waals surface area contributed by atoms with Crippen LogP contribution in [0.2, 0.25) is 0 Å². The maximum absolute atomic E-state index is 8.37. The molecule has 0 aromatic carbocycles. The summed E-state index contributed by atoms with van der Waals surface area (Å²) < 4.78 is 0. The Labute approximate surface area is 45.9 Å². The third-order valence-electron chi connectivity index (χ3n) is 0.691. The molecule has 0 saturated carbocycles. The molecule has 1 N–H and O–H groups in total. The van der Waals surface area contributed by atoms with Crippen molar-refractivity contribution in [3.05, 3.63) is 5.82 Å². The first-order valence-electron chi connectivity index (χ1n) is 2.16. The van der Waals surface area contributed by atoms with Crippen LogP contribution < -0.4 is 0 Å². The predicted octanol–water partition coefficient (Wildman–Crippen LogP) is -1.30. The maximum atomic E-state index is 8.37. The summed E-state index contributed by atoms with van der Waals surface area (Å²) >= 11 is 0. The first kappa shape index (κ1) is 5.17. The van der Waals surface area contributed by atoms with Gasteiger partial charge in [0.05, 0.1) is 7.05 Å². The van der Waals surface area contributed by atoms with Crippen LogP contribution in [0.15, 0.2) is 0 Å². The van der Waals surface area contributed by atoms with E-state index in [1.807, 2.05) is 0 Å². The predicted molar refractivity (Wildman–Crippen MR) is 24.7 cm³/mol. The molecular formula is C3H6N4O. The zero-order valence-electron chi connectivity index (χ0n) is 4.44. The fourth-order valence-corrected chi connectivity index (χ4v) is 0.387. The van der Waals surface area contributed by atoms with Crippen LogP contribution in [0.5, 0.6) is 0 Å². The average Bonchev–Trinajstić information content (AvgIpc) is 2.14. The van der Waals surface area contributed by atoms with Crippen LogP contribution in [0.25, 0.3) is 0 Å². The summed E-state index contributed by atoms with van der Waals surface area (Å²) in [6.07, 6.45) is 0. The molecule has 0 atom stereocenters. The smallest absolute Gasteiger partial charge is 0.200 e. The van der Waals surface area contributed by atoms with Crippen molar-refractivity contribution in [2.45, 2.75) is 6.61 Å². The molecule has 0 saturated heterocycles. The van der Waals surface area contributed by atoms with Crippen LogP contribution in [0.4, 0.5) is 0 Å². The normalized spacial score (nSPS) is 9.75. The quantitative estimate of drug-likeness (QED) is 0.493. The number of hydrogen-bond acceptors (Lipinski definition) is 4. The van der Waals surface area contributed by atoms with E-state index in [2.05, 4.69) is 15.4 Å². The standard InChI is InChI=1S/C3H6N4O/c1-7-5-3(2-8)4-6-7/h8H,2H2,1H3. The Morgan fingerprint density at radius 2 is 2.50 bits per heavy atom. The molecule has 0 spiro atoms. The van der Waals surface area contributed by atoms with Gasteiger partial charge in [0.1, 0.15) is 6.61 Å². The summed E-state index contributed by atoms with van der Waals surface area (Å²) in [6, 6.07) is 0. The molecule has 0 bridgehead atoms. The third kappa shape index (κ3) is 0.812. The molecular weight excluding hydrogens is 108 g/mol. The minimum atomic E-state index is -0.145. The van der Waals surface area contributed by atoms with Gasteiger partial charge >= 0.3 is 0 Å². The molecule has 1 aromatic heterocycles. The summed E-state index contributed by atoms with van der Waals surface area (Å²) in [7, 11) is 1.64. The van der Waals surface area contributed by atoms with E-state index in [4.69, 9.17) is 5.11 Å². The lowest BCUT2D eigenvalue weighted by molar-refractivity contribution is 0.271. The first-order valence-corrected chi connectivity index (χ1v) is 2.16. The molecule has 0 aliphatic carbocycles. The van der Waals surface area contributed by atoms with Crippen molar-refractivity contribution in [3.8, 4) is 0 Å². The van der Waals surface area contributed by atoms with E-state index >= 15 is 0 Å². The van der Waals surface area contributed by atoms with Crippen molar-refractivity contribution in [2.24, 2.45) is 7.05 Å². The van der Waals surface area contributed by atoms with Crippen LogP contribution in [0.3, 0.4) is 0 Å². The summed E-state index contributed by atoms with van der Waals surface area (Å²) in [5, 5.41) is 19.0. The van der Waals surface area contributed by atoms with E-state index in [0.29, 0.717) is 5.82 Å². The molecule has 1 aromatic rings. The molecule has 8 heavy (non-hydrogen) atoms. The SMILES string of the molecule is Cn1nnc(CO)n1. The van der Waals surface area contributed by atoms with Gasteiger partial charge in [-0.2, -0.15) is 4.80 Å². The van der Waals surface area contributed by atoms with Crippen LogP contribution in [-0.2, 0) is 13.7 Å². The van der Waals surface area contributed by atoms with E-state index in [1.54, 1.807) is 7.05 Å². The molecule has 5 nitrogen and oxygen atoms in total. The topological polar surface area (TPSA) is 63.8 Å². The maximum Gasteiger partial charge on any atom is 0.200 e. The largest absolute Gasteiger partial charge is 0.388 e. The molecule has 0 unspecified atom stereocenters. The van der Waals surface area contributed by atoms with Crippen molar-refractivity contribution >= 4 is 0 Å². The minimum absolute atomic E-state index is 0.145. The fraction of sp³-hybridized carbons (Fsp3) is 0.667. The molecule has 0 amide bonds. The summed E-state index contributed by atoms with van der Waals surface area (Å²) in [4.78, 5) is 1.30. The van der Waals surface area contributed by atoms with Gasteiger partial charge in [0.2, 0.25) is 0 Å². The summed E-state index contributed by atoms with van der Waals surface area (Å²) in [5.41, 5.74) is 0. The Balaban J connectivity index is 2.84. The molecule has 44 valence electrons. The van der Waals surface area contributed by atoms with Crippen LogP contribution in [-0.4, -0.2) is 25.3 Å². The molecule has 0 fully saturated rings. The Morgan fingerprint density at radius 1 is 1.75 bits per heavy atom. The molecule has 5 heteroatoms. The lowest BCUT2D eigenvalue weighted by Gasteiger charge is -1.77. The number of rotatable bonds is 1. The number of hydrogen-bond donors (Lipinski definition) is 1. The molecule has 0 aliphatic heterocycles. The van der Waals surface area contributed by atoms with E-state index < -0.39 is 0 Å². The van der Waals surface area contributed by atoms with Crippen molar-refractivity contribution < 1.29 is 5.11 Å². The highest BCUT2D eigenvalue weighted by Gasteiger charge is 1.93. The zero-order valence-corrected chi connectivity index (χ0v) is 4.44. The van der Waals surface area contributed by atoms with Gasteiger partial charge in [-0.1, -0.05) is 0 Å². The minimum Gasteiger partial charge on any atom is -0.388 e. The van der Waals surface area contributed by atoms with Gasteiger partial charge < -0.3 is 5.11 Å². The van der Waals surface area contributed by atoms with Crippen molar-refractivity contribution in [2.75, 3.05) is 0 Å². The highest BCUT2D eigenvalue weighted by molar-refractivity contribution is 4.69. The van der Waals surface area contributed by atoms with Crippen LogP contribution >= 0.6 is 0 Å². The Hall–Kier alpha value is -0.970. The Morgan fingerprint density at radius 3 is 2.75 bits per heavy atom. The van der Waals surface area contributed by atoms with Crippen molar-refractivity contribution in [1.82, 2.24) is 20.2 Å². The number of nitrogens with zero attached hydrogens (tertiary/aromatic N) is 4. The number of aliphatic hydroxyl groups is 1. The third-order valence-corrected chi connectivity index (χ3v) is 0.691. The van der Waals surface area contributed by atoms with Gasteiger partial charge in [-0.15, -0.1) is 10.2 Å². The highest BCUT2D eigenvalue weighted by Crippen LogP contribution is 1.79. The van der Waals surface area contributed by atoms with Gasteiger partial charge in [0.15, 0.2) is 5.82 Å². The Bertz CT molecular complexity index is 172. The van der Waals surface area contributed by atoms with E-state index in [0.717, 1.165) is 0 Å². The number of aliphatic hydroxyl groups excluding tert-OH is 1. The monoisotopic (exact) mass is 114 g/mol. The second-order valence-corrected chi connectivity index (χ2v) is 1.35.